The molecule has 0 amide bonds. The number of fused-ring (bicyclic) bond motifs is 5. The van der Waals surface area contributed by atoms with Gasteiger partial charge >= 0.3 is 0 Å². The van der Waals surface area contributed by atoms with Gasteiger partial charge in [-0.05, 0) is 152 Å². The van der Waals surface area contributed by atoms with Gasteiger partial charge in [-0.2, -0.15) is 0 Å². The van der Waals surface area contributed by atoms with Crippen LogP contribution in [0.25, 0.3) is 21.9 Å². The number of benzene rings is 4. The Morgan fingerprint density at radius 2 is 1.21 bits per heavy atom. The first kappa shape index (κ1) is 24.9. The summed E-state index contributed by atoms with van der Waals surface area (Å²) < 4.78 is 6.36. The molecule has 2 nitrogen and oxygen atoms in total. The van der Waals surface area contributed by atoms with Crippen LogP contribution in [-0.4, -0.2) is 0 Å². The molecule has 4 aromatic carbocycles. The topological polar surface area (TPSA) is 16.4 Å². The number of hydrogen-bond donors (Lipinski definition) is 0. The van der Waals surface area contributed by atoms with Crippen molar-refractivity contribution in [1.29, 1.82) is 0 Å². The molecule has 2 heteroatoms. The summed E-state index contributed by atoms with van der Waals surface area (Å²) in [5.41, 5.74) is 9.08. The second kappa shape index (κ2) is 9.24. The van der Waals surface area contributed by atoms with Crippen LogP contribution < -0.4 is 4.90 Å². The van der Waals surface area contributed by atoms with Gasteiger partial charge < -0.3 is 9.32 Å². The van der Waals surface area contributed by atoms with Crippen LogP contribution in [0.4, 0.5) is 17.1 Å². The molecule has 3 atom stereocenters. The van der Waals surface area contributed by atoms with Crippen LogP contribution in [0, 0.1) is 29.6 Å². The van der Waals surface area contributed by atoms with E-state index in [9.17, 15) is 0 Å². The Bertz CT molecular complexity index is 1790. The summed E-state index contributed by atoms with van der Waals surface area (Å²) in [7, 11) is 0. The Kier molecular flexibility index (Phi) is 5.35. The highest BCUT2D eigenvalue weighted by Gasteiger charge is 2.51. The van der Waals surface area contributed by atoms with Crippen molar-refractivity contribution >= 4 is 39.0 Å². The maximum atomic E-state index is 6.36. The number of hydrogen-bond acceptors (Lipinski definition) is 2. The lowest BCUT2D eigenvalue weighted by Gasteiger charge is -2.57. The van der Waals surface area contributed by atoms with E-state index in [1.807, 2.05) is 0 Å². The summed E-state index contributed by atoms with van der Waals surface area (Å²) in [5.74, 6) is 5.52. The summed E-state index contributed by atoms with van der Waals surface area (Å²) in [6, 6.07) is 34.5. The molecule has 43 heavy (non-hydrogen) atoms. The van der Waals surface area contributed by atoms with Crippen LogP contribution in [0.5, 0.6) is 0 Å². The molecule has 6 aliphatic carbocycles. The Morgan fingerprint density at radius 3 is 1.88 bits per heavy atom. The third-order valence-electron chi connectivity index (χ3n) is 12.7. The van der Waals surface area contributed by atoms with E-state index in [1.54, 1.807) is 11.1 Å². The first-order chi connectivity index (χ1) is 21.2. The number of anilines is 3. The molecule has 6 bridgehead atoms. The van der Waals surface area contributed by atoms with Gasteiger partial charge in [-0.25, -0.2) is 0 Å². The van der Waals surface area contributed by atoms with E-state index >= 15 is 0 Å². The van der Waals surface area contributed by atoms with Gasteiger partial charge in [-0.15, -0.1) is 0 Å². The summed E-state index contributed by atoms with van der Waals surface area (Å²) in [4.78, 5) is 2.45. The fraction of sp³-hybridized carbons (Fsp3) is 0.415. The van der Waals surface area contributed by atoms with Crippen molar-refractivity contribution in [1.82, 2.24) is 0 Å². The Balaban J connectivity index is 1.04. The fourth-order valence-electron chi connectivity index (χ4n) is 11.3. The predicted molar refractivity (Wildman–Crippen MR) is 176 cm³/mol. The average molecular weight is 564 g/mol. The van der Waals surface area contributed by atoms with Crippen molar-refractivity contribution in [2.45, 2.75) is 75.5 Å². The monoisotopic (exact) mass is 563 g/mol. The minimum Gasteiger partial charge on any atom is -0.456 e. The number of nitrogens with zero attached hydrogens (tertiary/aromatic N) is 1. The van der Waals surface area contributed by atoms with Gasteiger partial charge in [0.15, 0.2) is 0 Å². The molecule has 11 rings (SSSR count). The molecule has 0 spiro atoms. The van der Waals surface area contributed by atoms with Gasteiger partial charge in [0.25, 0.3) is 0 Å². The van der Waals surface area contributed by atoms with Gasteiger partial charge in [0.1, 0.15) is 11.2 Å². The van der Waals surface area contributed by atoms with Gasteiger partial charge in [-0.3, -0.25) is 0 Å². The lowest BCUT2D eigenvalue weighted by atomic mass is 9.48. The smallest absolute Gasteiger partial charge is 0.137 e. The summed E-state index contributed by atoms with van der Waals surface area (Å²) in [6.45, 7) is 0. The maximum absolute atomic E-state index is 6.36. The first-order valence-corrected chi connectivity index (χ1v) is 17.1. The lowest BCUT2D eigenvalue weighted by molar-refractivity contribution is -0.00518. The highest BCUT2D eigenvalue weighted by molar-refractivity contribution is 6.06. The normalized spacial score (nSPS) is 32.3. The van der Waals surface area contributed by atoms with E-state index in [0.29, 0.717) is 5.41 Å². The summed E-state index contributed by atoms with van der Waals surface area (Å²) in [5, 5.41) is 2.37. The van der Waals surface area contributed by atoms with Crippen LogP contribution in [0.15, 0.2) is 95.4 Å². The molecule has 0 N–H and O–H groups in total. The molecule has 0 saturated heterocycles. The zero-order valence-corrected chi connectivity index (χ0v) is 25.1. The molecule has 5 aromatic rings. The van der Waals surface area contributed by atoms with E-state index < -0.39 is 0 Å². The minimum absolute atomic E-state index is 0.424. The third-order valence-corrected chi connectivity index (χ3v) is 12.7. The van der Waals surface area contributed by atoms with Crippen molar-refractivity contribution in [2.24, 2.45) is 29.6 Å². The molecule has 0 aliphatic heterocycles. The van der Waals surface area contributed by atoms with E-state index in [1.165, 1.54) is 86.4 Å². The number of rotatable bonds is 5. The molecule has 6 fully saturated rings. The van der Waals surface area contributed by atoms with Gasteiger partial charge in [0.05, 0.1) is 0 Å². The van der Waals surface area contributed by atoms with E-state index in [4.69, 9.17) is 4.42 Å². The third kappa shape index (κ3) is 3.91. The second-order valence-corrected chi connectivity index (χ2v) is 15.2. The molecule has 1 aromatic heterocycles. The Hall–Kier alpha value is -3.52. The zero-order valence-electron chi connectivity index (χ0n) is 25.1. The molecule has 6 aliphatic rings. The summed E-state index contributed by atoms with van der Waals surface area (Å²) in [6.07, 6.45) is 14.4. The van der Waals surface area contributed by atoms with Crippen LogP contribution in [0.1, 0.15) is 81.3 Å². The van der Waals surface area contributed by atoms with Crippen LogP contribution >= 0.6 is 0 Å². The van der Waals surface area contributed by atoms with Crippen LogP contribution in [0.3, 0.4) is 0 Å². The van der Waals surface area contributed by atoms with Crippen LogP contribution in [0.2, 0.25) is 0 Å². The molecule has 6 saturated carbocycles. The van der Waals surface area contributed by atoms with Gasteiger partial charge in [0.2, 0.25) is 0 Å². The average Bonchev–Trinajstić information content (AvgIpc) is 3.76. The minimum atomic E-state index is 0.424. The molecule has 1 heterocycles. The van der Waals surface area contributed by atoms with Crippen molar-refractivity contribution in [2.75, 3.05) is 4.90 Å². The predicted octanol–water partition coefficient (Wildman–Crippen LogP) is 11.4. The summed E-state index contributed by atoms with van der Waals surface area (Å²) >= 11 is 0. The molecule has 3 unspecified atom stereocenters. The van der Waals surface area contributed by atoms with Crippen molar-refractivity contribution in [3.63, 3.8) is 0 Å². The van der Waals surface area contributed by atoms with Crippen molar-refractivity contribution in [3.8, 4) is 0 Å². The number of furan rings is 1. The molecule has 216 valence electrons. The van der Waals surface area contributed by atoms with Crippen LogP contribution in [-0.2, 0) is 5.41 Å². The second-order valence-electron chi connectivity index (χ2n) is 15.2. The zero-order chi connectivity index (χ0) is 28.1. The standard InChI is InChI=1S/C41H41NO/c1-2-4-39-36(3-1)37-16-15-35(22-40(37)43-39)42(33-11-7-30(8-12-33)38-21-26-5-6-31(38)20-26)34-13-9-32(10-14-34)41-23-27-17-28(24-41)19-29(18-27)25-41/h1-4,7-16,22,26-29,31,38H,5-6,17-21,23-25H2. The maximum Gasteiger partial charge on any atom is 0.137 e. The van der Waals surface area contributed by atoms with Gasteiger partial charge in [-0.1, -0.05) is 48.9 Å². The van der Waals surface area contributed by atoms with E-state index in [0.717, 1.165) is 52.4 Å². The van der Waals surface area contributed by atoms with Gasteiger partial charge in [0, 0.05) is 33.9 Å². The fourth-order valence-corrected chi connectivity index (χ4v) is 11.3. The number of para-hydroxylation sites is 1. The molecule has 0 radical (unpaired) electrons. The first-order valence-electron chi connectivity index (χ1n) is 17.1. The van der Waals surface area contributed by atoms with Crippen molar-refractivity contribution in [3.05, 3.63) is 102 Å². The Morgan fingerprint density at radius 1 is 0.558 bits per heavy atom. The molecular weight excluding hydrogens is 522 g/mol. The highest BCUT2D eigenvalue weighted by Crippen LogP contribution is 2.61. The quantitative estimate of drug-likeness (QED) is 0.211. The Labute approximate surface area is 255 Å². The SMILES string of the molecule is c1ccc2c(c1)oc1cc(N(c3ccc(C4CC5CCC4C5)cc3)c3ccc(C45CC6CC(CC(C6)C4)C5)cc3)ccc12. The van der Waals surface area contributed by atoms with E-state index in [-0.39, 0.29) is 0 Å². The largest absolute Gasteiger partial charge is 0.456 e. The van der Waals surface area contributed by atoms with Crippen molar-refractivity contribution < 1.29 is 4.42 Å². The van der Waals surface area contributed by atoms with E-state index in [2.05, 4.69) is 95.9 Å². The highest BCUT2D eigenvalue weighted by atomic mass is 16.3. The molecular formula is C41H41NO. The lowest BCUT2D eigenvalue weighted by Crippen LogP contribution is -2.48.